The highest BCUT2D eigenvalue weighted by molar-refractivity contribution is 7.15. The highest BCUT2D eigenvalue weighted by Gasteiger charge is 2.31. The molecule has 3 aromatic rings. The van der Waals surface area contributed by atoms with Crippen LogP contribution in [-0.2, 0) is 12.8 Å². The van der Waals surface area contributed by atoms with Gasteiger partial charge in [0.1, 0.15) is 10.8 Å². The molecule has 0 radical (unpaired) electrons. The first-order valence-electron chi connectivity index (χ1n) is 7.78. The van der Waals surface area contributed by atoms with Crippen LogP contribution in [0.2, 0.25) is 0 Å². The number of aliphatic hydroxyl groups is 1. The zero-order valence-corrected chi connectivity index (χ0v) is 13.6. The number of aliphatic hydroxyl groups excluding tert-OH is 1. The molecule has 0 fully saturated rings. The van der Waals surface area contributed by atoms with E-state index < -0.39 is 6.10 Å². The fourth-order valence-corrected chi connectivity index (χ4v) is 3.85. The van der Waals surface area contributed by atoms with Crippen LogP contribution in [0.3, 0.4) is 0 Å². The molecule has 0 saturated heterocycles. The van der Waals surface area contributed by atoms with Crippen molar-refractivity contribution in [3.63, 3.8) is 0 Å². The topological polar surface area (TPSA) is 58.0 Å². The van der Waals surface area contributed by atoms with Gasteiger partial charge >= 0.3 is 0 Å². The fourth-order valence-electron chi connectivity index (χ4n) is 3.04. The SMILES string of the molecule is OC1Cc2ccccc2C1Nc1nnc(Cc2ccc(F)cc2)s1. The van der Waals surface area contributed by atoms with Gasteiger partial charge in [-0.1, -0.05) is 47.7 Å². The first-order chi connectivity index (χ1) is 11.7. The standard InChI is InChI=1S/C18H16FN3OS/c19-13-7-5-11(6-8-13)9-16-21-22-18(24-16)20-17-14-4-2-1-3-12(14)10-15(17)23/h1-8,15,17,23H,9-10H2,(H,20,22). The smallest absolute Gasteiger partial charge is 0.206 e. The van der Waals surface area contributed by atoms with E-state index in [0.717, 1.165) is 16.1 Å². The van der Waals surface area contributed by atoms with Crippen LogP contribution in [0.25, 0.3) is 0 Å². The normalized spacial score (nSPS) is 19.2. The lowest BCUT2D eigenvalue weighted by Gasteiger charge is -2.16. The molecule has 2 aromatic carbocycles. The Morgan fingerprint density at radius 1 is 1.12 bits per heavy atom. The van der Waals surface area contributed by atoms with Crippen molar-refractivity contribution in [2.24, 2.45) is 0 Å². The molecule has 4 nitrogen and oxygen atoms in total. The quantitative estimate of drug-likeness (QED) is 0.764. The summed E-state index contributed by atoms with van der Waals surface area (Å²) in [7, 11) is 0. The number of halogens is 1. The van der Waals surface area contributed by atoms with Crippen LogP contribution in [-0.4, -0.2) is 21.4 Å². The maximum atomic E-state index is 13.0. The average molecular weight is 341 g/mol. The summed E-state index contributed by atoms with van der Waals surface area (Å²) in [4.78, 5) is 0. The minimum absolute atomic E-state index is 0.159. The van der Waals surface area contributed by atoms with Crippen LogP contribution in [0.1, 0.15) is 27.7 Å². The molecule has 2 N–H and O–H groups in total. The number of nitrogens with one attached hydrogen (secondary N) is 1. The summed E-state index contributed by atoms with van der Waals surface area (Å²) in [6.07, 6.45) is 0.797. The number of nitrogens with zero attached hydrogens (tertiary/aromatic N) is 2. The Bertz CT molecular complexity index is 849. The molecule has 4 rings (SSSR count). The Labute approximate surface area is 143 Å². The van der Waals surface area contributed by atoms with Crippen molar-refractivity contribution in [1.29, 1.82) is 0 Å². The van der Waals surface area contributed by atoms with Crippen LogP contribution in [0, 0.1) is 5.82 Å². The molecule has 2 unspecified atom stereocenters. The minimum Gasteiger partial charge on any atom is -0.390 e. The highest BCUT2D eigenvalue weighted by atomic mass is 32.1. The lowest BCUT2D eigenvalue weighted by molar-refractivity contribution is 0.166. The van der Waals surface area contributed by atoms with Crippen molar-refractivity contribution in [1.82, 2.24) is 10.2 Å². The van der Waals surface area contributed by atoms with Crippen LogP contribution >= 0.6 is 11.3 Å². The van der Waals surface area contributed by atoms with Gasteiger partial charge in [-0.25, -0.2) is 4.39 Å². The number of aromatic nitrogens is 2. The van der Waals surface area contributed by atoms with Gasteiger partial charge in [-0.05, 0) is 28.8 Å². The van der Waals surface area contributed by atoms with Gasteiger partial charge in [0, 0.05) is 12.8 Å². The maximum Gasteiger partial charge on any atom is 0.206 e. The summed E-state index contributed by atoms with van der Waals surface area (Å²) in [6, 6.07) is 14.3. The summed E-state index contributed by atoms with van der Waals surface area (Å²) in [5, 5.41) is 23.5. The van der Waals surface area contributed by atoms with Crippen LogP contribution < -0.4 is 5.32 Å². The van der Waals surface area contributed by atoms with E-state index in [1.807, 2.05) is 24.3 Å². The lowest BCUT2D eigenvalue weighted by Crippen LogP contribution is -2.21. The predicted octanol–water partition coefficient (Wildman–Crippen LogP) is 3.34. The number of benzene rings is 2. The second-order valence-electron chi connectivity index (χ2n) is 5.90. The van der Waals surface area contributed by atoms with E-state index in [1.165, 1.54) is 29.0 Å². The molecule has 6 heteroatoms. The first kappa shape index (κ1) is 15.2. The zero-order chi connectivity index (χ0) is 16.5. The van der Waals surface area contributed by atoms with Crippen molar-refractivity contribution in [2.45, 2.75) is 25.0 Å². The number of hydrogen-bond acceptors (Lipinski definition) is 5. The van der Waals surface area contributed by atoms with E-state index in [2.05, 4.69) is 15.5 Å². The Hall–Kier alpha value is -2.31. The second-order valence-corrected chi connectivity index (χ2v) is 6.96. The molecule has 122 valence electrons. The van der Waals surface area contributed by atoms with Gasteiger partial charge in [0.15, 0.2) is 0 Å². The molecule has 24 heavy (non-hydrogen) atoms. The van der Waals surface area contributed by atoms with E-state index in [0.29, 0.717) is 18.0 Å². The van der Waals surface area contributed by atoms with E-state index in [1.54, 1.807) is 12.1 Å². The fraction of sp³-hybridized carbons (Fsp3) is 0.222. The molecule has 1 aliphatic rings. The number of fused-ring (bicyclic) bond motifs is 1. The summed E-state index contributed by atoms with van der Waals surface area (Å²) < 4.78 is 13.0. The van der Waals surface area contributed by atoms with Crippen molar-refractivity contribution < 1.29 is 9.50 Å². The lowest BCUT2D eigenvalue weighted by atomic mass is 10.1. The average Bonchev–Trinajstić information content (AvgIpc) is 3.15. The largest absolute Gasteiger partial charge is 0.390 e. The third kappa shape index (κ3) is 3.02. The van der Waals surface area contributed by atoms with Crippen LogP contribution in [0.15, 0.2) is 48.5 Å². The zero-order valence-electron chi connectivity index (χ0n) is 12.8. The van der Waals surface area contributed by atoms with E-state index >= 15 is 0 Å². The molecule has 0 amide bonds. The predicted molar refractivity (Wildman–Crippen MR) is 91.6 cm³/mol. The summed E-state index contributed by atoms with van der Waals surface area (Å²) in [5.41, 5.74) is 3.27. The Balaban J connectivity index is 1.48. The second kappa shape index (κ2) is 6.30. The van der Waals surface area contributed by atoms with Crippen molar-refractivity contribution >= 4 is 16.5 Å². The van der Waals surface area contributed by atoms with Gasteiger partial charge in [0.25, 0.3) is 0 Å². The molecule has 1 aromatic heterocycles. The Morgan fingerprint density at radius 2 is 1.92 bits per heavy atom. The van der Waals surface area contributed by atoms with Crippen LogP contribution in [0.5, 0.6) is 0 Å². The van der Waals surface area contributed by atoms with Gasteiger partial charge in [0.2, 0.25) is 5.13 Å². The molecule has 1 aliphatic carbocycles. The van der Waals surface area contributed by atoms with Crippen molar-refractivity contribution in [3.05, 3.63) is 76.0 Å². The molecular formula is C18H16FN3OS. The van der Waals surface area contributed by atoms with Crippen molar-refractivity contribution in [3.8, 4) is 0 Å². The molecule has 2 atom stereocenters. The number of hydrogen-bond donors (Lipinski definition) is 2. The highest BCUT2D eigenvalue weighted by Crippen LogP contribution is 2.34. The van der Waals surface area contributed by atoms with E-state index in [-0.39, 0.29) is 11.9 Å². The summed E-state index contributed by atoms with van der Waals surface area (Å²) in [6.45, 7) is 0. The molecule has 0 saturated carbocycles. The molecule has 0 aliphatic heterocycles. The Kier molecular flexibility index (Phi) is 4.00. The summed E-state index contributed by atoms with van der Waals surface area (Å²) >= 11 is 1.46. The minimum atomic E-state index is -0.466. The summed E-state index contributed by atoms with van der Waals surface area (Å²) in [5.74, 6) is -0.243. The van der Waals surface area contributed by atoms with E-state index in [4.69, 9.17) is 0 Å². The Morgan fingerprint density at radius 3 is 2.75 bits per heavy atom. The third-order valence-corrected chi connectivity index (χ3v) is 5.07. The van der Waals surface area contributed by atoms with Gasteiger partial charge in [0.05, 0.1) is 12.1 Å². The number of anilines is 1. The monoisotopic (exact) mass is 341 g/mol. The molecular weight excluding hydrogens is 325 g/mol. The van der Waals surface area contributed by atoms with E-state index in [9.17, 15) is 9.50 Å². The molecule has 1 heterocycles. The number of rotatable bonds is 4. The third-order valence-electron chi connectivity index (χ3n) is 4.22. The first-order valence-corrected chi connectivity index (χ1v) is 8.60. The van der Waals surface area contributed by atoms with Gasteiger partial charge < -0.3 is 10.4 Å². The van der Waals surface area contributed by atoms with Gasteiger partial charge in [-0.3, -0.25) is 0 Å². The van der Waals surface area contributed by atoms with Crippen molar-refractivity contribution in [2.75, 3.05) is 5.32 Å². The van der Waals surface area contributed by atoms with Gasteiger partial charge in [-0.2, -0.15) is 0 Å². The molecule has 0 bridgehead atoms. The maximum absolute atomic E-state index is 13.0. The molecule has 0 spiro atoms. The van der Waals surface area contributed by atoms with Gasteiger partial charge in [-0.15, -0.1) is 10.2 Å². The van der Waals surface area contributed by atoms with Crippen LogP contribution in [0.4, 0.5) is 9.52 Å².